The van der Waals surface area contributed by atoms with Crippen LogP contribution in [-0.2, 0) is 6.54 Å². The van der Waals surface area contributed by atoms with Crippen LogP contribution in [0.25, 0.3) is 21.7 Å². The summed E-state index contributed by atoms with van der Waals surface area (Å²) in [5.41, 5.74) is 2.38. The molecule has 31 heavy (non-hydrogen) atoms. The van der Waals surface area contributed by atoms with E-state index < -0.39 is 0 Å². The molecule has 0 aliphatic rings. The number of nitrogens with one attached hydrogen (secondary N) is 1. The first-order valence-electron chi connectivity index (χ1n) is 9.75. The standard InChI is InChI=1S/C25H17F2N3O/c26-20-3-1-2-16(10-20)15-30-23-7-5-21(27)11-18(23)13-24(30)25(31)29-22-6-4-17-8-9-28-14-19(17)12-22/h1-14H,15H2,(H,29,31). The number of hydrogen-bond acceptors (Lipinski definition) is 2. The van der Waals surface area contributed by atoms with Crippen LogP contribution in [-0.4, -0.2) is 15.5 Å². The van der Waals surface area contributed by atoms with Gasteiger partial charge in [0.25, 0.3) is 5.91 Å². The fraction of sp³-hybridized carbons (Fsp3) is 0.0400. The van der Waals surface area contributed by atoms with E-state index in [-0.39, 0.29) is 24.1 Å². The summed E-state index contributed by atoms with van der Waals surface area (Å²) in [5, 5.41) is 5.43. The zero-order valence-corrected chi connectivity index (χ0v) is 16.3. The van der Waals surface area contributed by atoms with Gasteiger partial charge in [-0.15, -0.1) is 0 Å². The highest BCUT2D eigenvalue weighted by Crippen LogP contribution is 2.25. The smallest absolute Gasteiger partial charge is 0.272 e. The van der Waals surface area contributed by atoms with Crippen LogP contribution >= 0.6 is 0 Å². The van der Waals surface area contributed by atoms with E-state index in [0.717, 1.165) is 10.8 Å². The Morgan fingerprint density at radius 1 is 0.871 bits per heavy atom. The average molecular weight is 413 g/mol. The molecular formula is C25H17F2N3O. The number of aromatic nitrogens is 2. The molecular weight excluding hydrogens is 396 g/mol. The normalized spacial score (nSPS) is 11.2. The molecule has 0 atom stereocenters. The highest BCUT2D eigenvalue weighted by Gasteiger charge is 2.17. The zero-order chi connectivity index (χ0) is 21.4. The Balaban J connectivity index is 1.54. The van der Waals surface area contributed by atoms with Crippen LogP contribution in [0.5, 0.6) is 0 Å². The third-order valence-electron chi connectivity index (χ3n) is 5.22. The minimum absolute atomic E-state index is 0.275. The van der Waals surface area contributed by atoms with Crippen molar-refractivity contribution in [1.82, 2.24) is 9.55 Å². The zero-order valence-electron chi connectivity index (χ0n) is 16.3. The summed E-state index contributed by atoms with van der Waals surface area (Å²) < 4.78 is 29.2. The topological polar surface area (TPSA) is 46.9 Å². The van der Waals surface area contributed by atoms with Gasteiger partial charge in [-0.25, -0.2) is 8.78 Å². The number of carbonyl (C=O) groups excluding carboxylic acids is 1. The van der Waals surface area contributed by atoms with Gasteiger partial charge in [-0.1, -0.05) is 18.2 Å². The Kier molecular flexibility index (Phi) is 4.67. The van der Waals surface area contributed by atoms with Crippen LogP contribution in [0.3, 0.4) is 0 Å². The molecule has 3 aromatic carbocycles. The SMILES string of the molecule is O=C(Nc1ccc2ccncc2c1)c1cc2cc(F)ccc2n1Cc1cccc(F)c1. The highest BCUT2D eigenvalue weighted by molar-refractivity contribution is 6.07. The summed E-state index contributed by atoms with van der Waals surface area (Å²) in [7, 11) is 0. The number of benzene rings is 3. The van der Waals surface area contributed by atoms with Crippen molar-refractivity contribution in [2.45, 2.75) is 6.54 Å². The van der Waals surface area contributed by atoms with E-state index in [1.54, 1.807) is 41.2 Å². The number of fused-ring (bicyclic) bond motifs is 2. The molecule has 0 spiro atoms. The summed E-state index contributed by atoms with van der Waals surface area (Å²) in [6, 6.07) is 19.7. The van der Waals surface area contributed by atoms with E-state index in [1.807, 2.05) is 24.3 Å². The van der Waals surface area contributed by atoms with E-state index in [1.165, 1.54) is 24.3 Å². The third-order valence-corrected chi connectivity index (χ3v) is 5.22. The Morgan fingerprint density at radius 3 is 2.61 bits per heavy atom. The van der Waals surface area contributed by atoms with Crippen molar-refractivity contribution in [1.29, 1.82) is 0 Å². The number of carbonyl (C=O) groups is 1. The fourth-order valence-electron chi connectivity index (χ4n) is 3.78. The molecule has 1 N–H and O–H groups in total. The summed E-state index contributed by atoms with van der Waals surface area (Å²) in [6.07, 6.45) is 3.44. The Hall–Kier alpha value is -4.06. The monoisotopic (exact) mass is 413 g/mol. The quantitative estimate of drug-likeness (QED) is 0.407. The number of anilines is 1. The van der Waals surface area contributed by atoms with Crippen molar-refractivity contribution in [2.24, 2.45) is 0 Å². The van der Waals surface area contributed by atoms with Crippen molar-refractivity contribution in [2.75, 3.05) is 5.32 Å². The number of pyridine rings is 1. The molecule has 1 amide bonds. The van der Waals surface area contributed by atoms with Crippen LogP contribution in [0, 0.1) is 11.6 Å². The Bertz CT molecular complexity index is 1440. The van der Waals surface area contributed by atoms with Crippen LogP contribution < -0.4 is 5.32 Å². The Labute approximate surface area is 176 Å². The highest BCUT2D eigenvalue weighted by atomic mass is 19.1. The summed E-state index contributed by atoms with van der Waals surface area (Å²) >= 11 is 0. The molecule has 0 unspecified atom stereocenters. The maximum Gasteiger partial charge on any atom is 0.272 e. The summed E-state index contributed by atoms with van der Waals surface area (Å²) in [5.74, 6) is -1.07. The van der Waals surface area contributed by atoms with Gasteiger partial charge in [0, 0.05) is 40.9 Å². The van der Waals surface area contributed by atoms with Crippen molar-refractivity contribution in [3.05, 3.63) is 108 Å². The molecule has 2 heterocycles. The largest absolute Gasteiger partial charge is 0.332 e. The average Bonchev–Trinajstić information content (AvgIpc) is 3.11. The molecule has 0 saturated heterocycles. The summed E-state index contributed by atoms with van der Waals surface area (Å²) in [6.45, 7) is 0.275. The first-order valence-corrected chi connectivity index (χ1v) is 9.75. The molecule has 6 heteroatoms. The third kappa shape index (κ3) is 3.75. The predicted octanol–water partition coefficient (Wildman–Crippen LogP) is 5.77. The van der Waals surface area contributed by atoms with Gasteiger partial charge in [0.15, 0.2) is 0 Å². The van der Waals surface area contributed by atoms with Gasteiger partial charge in [0.1, 0.15) is 17.3 Å². The maximum absolute atomic E-state index is 13.8. The number of nitrogens with zero attached hydrogens (tertiary/aromatic N) is 2. The van der Waals surface area contributed by atoms with Crippen LogP contribution in [0.1, 0.15) is 16.1 Å². The number of hydrogen-bond donors (Lipinski definition) is 1. The second-order valence-corrected chi connectivity index (χ2v) is 7.34. The van der Waals surface area contributed by atoms with Crippen molar-refractivity contribution < 1.29 is 13.6 Å². The number of halogens is 2. The fourth-order valence-corrected chi connectivity index (χ4v) is 3.78. The molecule has 5 rings (SSSR count). The van der Waals surface area contributed by atoms with Gasteiger partial charge in [0.05, 0.1) is 0 Å². The second-order valence-electron chi connectivity index (χ2n) is 7.34. The minimum Gasteiger partial charge on any atom is -0.332 e. The maximum atomic E-state index is 13.8. The van der Waals surface area contributed by atoms with E-state index >= 15 is 0 Å². The molecule has 0 fully saturated rings. The minimum atomic E-state index is -0.385. The van der Waals surface area contributed by atoms with E-state index in [2.05, 4.69) is 10.3 Å². The molecule has 0 saturated carbocycles. The molecule has 152 valence electrons. The van der Waals surface area contributed by atoms with Gasteiger partial charge >= 0.3 is 0 Å². The Morgan fingerprint density at radius 2 is 1.74 bits per heavy atom. The lowest BCUT2D eigenvalue weighted by atomic mass is 10.1. The number of rotatable bonds is 4. The van der Waals surface area contributed by atoms with Crippen molar-refractivity contribution in [3.8, 4) is 0 Å². The molecule has 4 nitrogen and oxygen atoms in total. The van der Waals surface area contributed by atoms with Gasteiger partial charge in [-0.3, -0.25) is 9.78 Å². The van der Waals surface area contributed by atoms with Crippen molar-refractivity contribution in [3.63, 3.8) is 0 Å². The molecule has 0 bridgehead atoms. The van der Waals surface area contributed by atoms with Gasteiger partial charge in [0.2, 0.25) is 0 Å². The molecule has 0 aliphatic carbocycles. The van der Waals surface area contributed by atoms with E-state index in [4.69, 9.17) is 0 Å². The first kappa shape index (κ1) is 18.9. The van der Waals surface area contributed by atoms with Crippen LogP contribution in [0.4, 0.5) is 14.5 Å². The summed E-state index contributed by atoms with van der Waals surface area (Å²) in [4.78, 5) is 17.3. The van der Waals surface area contributed by atoms with E-state index in [0.29, 0.717) is 27.8 Å². The van der Waals surface area contributed by atoms with E-state index in [9.17, 15) is 13.6 Å². The lowest BCUT2D eigenvalue weighted by Crippen LogP contribution is -2.17. The molecule has 0 radical (unpaired) electrons. The van der Waals surface area contributed by atoms with Crippen molar-refractivity contribution >= 4 is 33.3 Å². The lowest BCUT2D eigenvalue weighted by Gasteiger charge is -2.12. The van der Waals surface area contributed by atoms with Gasteiger partial charge in [-0.05, 0) is 65.5 Å². The van der Waals surface area contributed by atoms with Crippen LogP contribution in [0.2, 0.25) is 0 Å². The molecule has 2 aromatic heterocycles. The molecule has 0 aliphatic heterocycles. The van der Waals surface area contributed by atoms with Gasteiger partial charge < -0.3 is 9.88 Å². The van der Waals surface area contributed by atoms with Gasteiger partial charge in [-0.2, -0.15) is 0 Å². The second kappa shape index (κ2) is 7.65. The molecule has 5 aromatic rings. The predicted molar refractivity (Wildman–Crippen MR) is 117 cm³/mol. The number of amides is 1. The first-order chi connectivity index (χ1) is 15.1. The lowest BCUT2D eigenvalue weighted by molar-refractivity contribution is 0.101. The van der Waals surface area contributed by atoms with Crippen LogP contribution in [0.15, 0.2) is 85.2 Å².